The Morgan fingerprint density at radius 1 is 0.417 bits per heavy atom. The molecule has 3 heteroatoms. The molecular formula is C45H26N2O. The van der Waals surface area contributed by atoms with Crippen LogP contribution >= 0.6 is 0 Å². The fraction of sp³-hybridized carbons (Fsp3) is 0. The van der Waals surface area contributed by atoms with Crippen molar-refractivity contribution in [1.82, 2.24) is 9.55 Å². The minimum atomic E-state index is 0.910. The van der Waals surface area contributed by atoms with Crippen molar-refractivity contribution in [2.24, 2.45) is 0 Å². The van der Waals surface area contributed by atoms with Crippen molar-refractivity contribution in [3.8, 4) is 50.3 Å². The smallest absolute Gasteiger partial charge is 0.135 e. The Hall–Kier alpha value is -6.45. The molecule has 7 aromatic carbocycles. The molecule has 48 heavy (non-hydrogen) atoms. The molecule has 0 atom stereocenters. The van der Waals surface area contributed by atoms with Crippen molar-refractivity contribution in [2.75, 3.05) is 0 Å². The van der Waals surface area contributed by atoms with Crippen molar-refractivity contribution in [3.63, 3.8) is 0 Å². The second kappa shape index (κ2) is 9.54. The SMILES string of the molecule is c1ccc(-n2c3ccc(-c4ccc5oc6ccccc6c5c4)cc3c3cc(-c4cc5c6c(cccc6n4)-c4ccccc4-5)ccc32)cc1. The van der Waals surface area contributed by atoms with Gasteiger partial charge in [0.1, 0.15) is 11.2 Å². The van der Waals surface area contributed by atoms with E-state index in [-0.39, 0.29) is 0 Å². The van der Waals surface area contributed by atoms with E-state index in [1.165, 1.54) is 60.6 Å². The van der Waals surface area contributed by atoms with E-state index < -0.39 is 0 Å². The maximum atomic E-state index is 6.14. The van der Waals surface area contributed by atoms with Crippen molar-refractivity contribution in [2.45, 2.75) is 0 Å². The van der Waals surface area contributed by atoms with E-state index in [4.69, 9.17) is 9.40 Å². The highest BCUT2D eigenvalue weighted by molar-refractivity contribution is 6.16. The summed E-state index contributed by atoms with van der Waals surface area (Å²) in [7, 11) is 0. The number of rotatable bonds is 3. The summed E-state index contributed by atoms with van der Waals surface area (Å²) in [6, 6.07) is 56.6. The third kappa shape index (κ3) is 3.56. The van der Waals surface area contributed by atoms with Crippen LogP contribution in [0.15, 0.2) is 162 Å². The molecule has 222 valence electrons. The highest BCUT2D eigenvalue weighted by Gasteiger charge is 2.23. The summed E-state index contributed by atoms with van der Waals surface area (Å²) in [5.41, 5.74) is 15.9. The lowest BCUT2D eigenvalue weighted by atomic mass is 9.99. The molecule has 0 fully saturated rings. The van der Waals surface area contributed by atoms with Gasteiger partial charge in [-0.15, -0.1) is 0 Å². The molecule has 1 aliphatic rings. The Kier molecular flexibility index (Phi) is 5.11. The number of furan rings is 1. The number of fused-ring (bicyclic) bond motifs is 9. The van der Waals surface area contributed by atoms with E-state index in [0.29, 0.717) is 0 Å². The van der Waals surface area contributed by atoms with Gasteiger partial charge in [0.15, 0.2) is 0 Å². The molecule has 3 aromatic heterocycles. The molecule has 0 aliphatic heterocycles. The van der Waals surface area contributed by atoms with Crippen LogP contribution in [0.4, 0.5) is 0 Å². The molecule has 0 amide bonds. The van der Waals surface area contributed by atoms with Gasteiger partial charge in [0, 0.05) is 38.2 Å². The number of hydrogen-bond acceptors (Lipinski definition) is 2. The van der Waals surface area contributed by atoms with E-state index in [0.717, 1.165) is 44.4 Å². The van der Waals surface area contributed by atoms with Crippen LogP contribution in [0.1, 0.15) is 0 Å². The molecule has 11 rings (SSSR count). The third-order valence-electron chi connectivity index (χ3n) is 10.1. The first-order valence-electron chi connectivity index (χ1n) is 16.4. The summed E-state index contributed by atoms with van der Waals surface area (Å²) in [6.45, 7) is 0. The first-order valence-corrected chi connectivity index (χ1v) is 16.4. The van der Waals surface area contributed by atoms with Crippen LogP contribution in [0.5, 0.6) is 0 Å². The molecule has 0 spiro atoms. The average Bonchev–Trinajstić information content (AvgIpc) is 3.80. The fourth-order valence-electron chi connectivity index (χ4n) is 7.95. The molecule has 10 aromatic rings. The van der Waals surface area contributed by atoms with Gasteiger partial charge in [-0.05, 0) is 100 Å². The molecule has 1 aliphatic carbocycles. The second-order valence-electron chi connectivity index (χ2n) is 12.7. The quantitative estimate of drug-likeness (QED) is 0.199. The van der Waals surface area contributed by atoms with Gasteiger partial charge >= 0.3 is 0 Å². The molecule has 0 saturated carbocycles. The number of para-hydroxylation sites is 2. The predicted octanol–water partition coefficient (Wildman–Crippen LogP) is 12.2. The van der Waals surface area contributed by atoms with Gasteiger partial charge in [-0.1, -0.05) is 91.0 Å². The van der Waals surface area contributed by atoms with Crippen molar-refractivity contribution < 1.29 is 4.42 Å². The topological polar surface area (TPSA) is 31.0 Å². The standard InChI is InChI=1S/C45H26N2O/c1-2-9-30(10-3-1)47-41-20-17-27(28-19-22-44-37(24-28)33-13-6-7-16-43(33)48-44)23-35(41)36-25-29(18-21-42(36)47)40-26-38-32-12-5-4-11-31(32)34-14-8-15-39(46-40)45(34)38/h1-26H. The van der Waals surface area contributed by atoms with E-state index in [2.05, 4.69) is 150 Å². The lowest BCUT2D eigenvalue weighted by molar-refractivity contribution is 0.669. The molecule has 0 bridgehead atoms. The highest BCUT2D eigenvalue weighted by Crippen LogP contribution is 2.48. The zero-order valence-corrected chi connectivity index (χ0v) is 25.8. The number of hydrogen-bond donors (Lipinski definition) is 0. The zero-order valence-electron chi connectivity index (χ0n) is 25.8. The Bertz CT molecular complexity index is 2950. The molecule has 0 radical (unpaired) electrons. The van der Waals surface area contributed by atoms with Crippen LogP contribution in [0, 0.1) is 0 Å². The molecule has 3 heterocycles. The van der Waals surface area contributed by atoms with Crippen molar-refractivity contribution >= 4 is 54.6 Å². The van der Waals surface area contributed by atoms with Gasteiger partial charge in [0.05, 0.1) is 22.2 Å². The summed E-state index contributed by atoms with van der Waals surface area (Å²) in [5, 5.41) is 5.94. The van der Waals surface area contributed by atoms with Crippen LogP contribution in [-0.4, -0.2) is 9.55 Å². The van der Waals surface area contributed by atoms with Gasteiger partial charge in [0.25, 0.3) is 0 Å². The molecule has 3 nitrogen and oxygen atoms in total. The van der Waals surface area contributed by atoms with Crippen LogP contribution in [0.3, 0.4) is 0 Å². The molecular weight excluding hydrogens is 585 g/mol. The second-order valence-corrected chi connectivity index (χ2v) is 12.7. The van der Waals surface area contributed by atoms with E-state index in [9.17, 15) is 0 Å². The maximum Gasteiger partial charge on any atom is 0.135 e. The first-order chi connectivity index (χ1) is 23.8. The summed E-state index contributed by atoms with van der Waals surface area (Å²) >= 11 is 0. The lowest BCUT2D eigenvalue weighted by Crippen LogP contribution is -1.93. The van der Waals surface area contributed by atoms with E-state index >= 15 is 0 Å². The van der Waals surface area contributed by atoms with Crippen LogP contribution in [0.2, 0.25) is 0 Å². The Morgan fingerprint density at radius 2 is 1.04 bits per heavy atom. The predicted molar refractivity (Wildman–Crippen MR) is 199 cm³/mol. The average molecular weight is 611 g/mol. The molecule has 0 unspecified atom stereocenters. The number of aromatic nitrogens is 2. The van der Waals surface area contributed by atoms with Crippen LogP contribution in [0.25, 0.3) is 105 Å². The Balaban J connectivity index is 1.14. The van der Waals surface area contributed by atoms with E-state index in [1.807, 2.05) is 12.1 Å². The maximum absolute atomic E-state index is 6.14. The van der Waals surface area contributed by atoms with Gasteiger partial charge in [0.2, 0.25) is 0 Å². The monoisotopic (exact) mass is 610 g/mol. The van der Waals surface area contributed by atoms with Crippen LogP contribution in [-0.2, 0) is 0 Å². The van der Waals surface area contributed by atoms with Gasteiger partial charge < -0.3 is 8.98 Å². The fourth-order valence-corrected chi connectivity index (χ4v) is 7.95. The van der Waals surface area contributed by atoms with Crippen LogP contribution < -0.4 is 0 Å². The van der Waals surface area contributed by atoms with Gasteiger partial charge in [-0.2, -0.15) is 0 Å². The number of benzene rings is 7. The minimum absolute atomic E-state index is 0.910. The Labute approximate surface area is 275 Å². The normalized spacial score (nSPS) is 12.2. The van der Waals surface area contributed by atoms with Crippen molar-refractivity contribution in [3.05, 3.63) is 158 Å². The largest absolute Gasteiger partial charge is 0.456 e. The zero-order chi connectivity index (χ0) is 31.3. The first kappa shape index (κ1) is 25.7. The molecule has 0 N–H and O–H groups in total. The number of nitrogens with zero attached hydrogens (tertiary/aromatic N) is 2. The lowest BCUT2D eigenvalue weighted by Gasteiger charge is -2.09. The van der Waals surface area contributed by atoms with Gasteiger partial charge in [-0.25, -0.2) is 4.98 Å². The third-order valence-corrected chi connectivity index (χ3v) is 10.1. The summed E-state index contributed by atoms with van der Waals surface area (Å²) in [6.07, 6.45) is 0. The Morgan fingerprint density at radius 3 is 1.88 bits per heavy atom. The van der Waals surface area contributed by atoms with Gasteiger partial charge in [-0.3, -0.25) is 0 Å². The summed E-state index contributed by atoms with van der Waals surface area (Å²) < 4.78 is 8.51. The number of pyridine rings is 1. The minimum Gasteiger partial charge on any atom is -0.456 e. The highest BCUT2D eigenvalue weighted by atomic mass is 16.3. The van der Waals surface area contributed by atoms with Crippen molar-refractivity contribution in [1.29, 1.82) is 0 Å². The summed E-state index contributed by atoms with van der Waals surface area (Å²) in [5.74, 6) is 0. The summed E-state index contributed by atoms with van der Waals surface area (Å²) in [4.78, 5) is 5.24. The van der Waals surface area contributed by atoms with E-state index in [1.54, 1.807) is 0 Å². The molecule has 0 saturated heterocycles.